The zero-order chi connectivity index (χ0) is 13.4. The third-order valence-electron chi connectivity index (χ3n) is 2.65. The maximum Gasteiger partial charge on any atom is 0.122 e. The van der Waals surface area contributed by atoms with E-state index in [4.69, 9.17) is 10.5 Å². The molecule has 0 heterocycles. The Hall–Kier alpha value is -0.670. The minimum absolute atomic E-state index is 0.171. The molecule has 0 saturated heterocycles. The van der Waals surface area contributed by atoms with E-state index in [-0.39, 0.29) is 6.04 Å². The minimum Gasteiger partial charge on any atom is -0.493 e. The number of hydrogen-bond donors (Lipinski definition) is 1. The van der Waals surface area contributed by atoms with Gasteiger partial charge in [0.2, 0.25) is 0 Å². The zero-order valence-electron chi connectivity index (χ0n) is 11.7. The van der Waals surface area contributed by atoms with Gasteiger partial charge in [0.05, 0.1) is 6.61 Å². The Morgan fingerprint density at radius 2 is 2.17 bits per heavy atom. The average Bonchev–Trinajstić information content (AvgIpc) is 2.30. The molecule has 0 saturated carbocycles. The first-order chi connectivity index (χ1) is 8.63. The Morgan fingerprint density at radius 3 is 2.83 bits per heavy atom. The summed E-state index contributed by atoms with van der Waals surface area (Å²) in [5.41, 5.74) is 8.37. The molecule has 1 atom stereocenters. The molecule has 0 bridgehead atoms. The van der Waals surface area contributed by atoms with Crippen LogP contribution in [0.3, 0.4) is 0 Å². The molecule has 0 aliphatic carbocycles. The Labute approximate surface area is 115 Å². The van der Waals surface area contributed by atoms with Crippen molar-refractivity contribution in [3.05, 3.63) is 29.3 Å². The molecule has 2 N–H and O–H groups in total. The summed E-state index contributed by atoms with van der Waals surface area (Å²) >= 11 is 1.96. The van der Waals surface area contributed by atoms with Crippen molar-refractivity contribution in [2.75, 3.05) is 18.1 Å². The van der Waals surface area contributed by atoms with Crippen molar-refractivity contribution >= 4 is 11.8 Å². The van der Waals surface area contributed by atoms with E-state index in [0.29, 0.717) is 0 Å². The highest BCUT2D eigenvalue weighted by molar-refractivity contribution is 7.99. The van der Waals surface area contributed by atoms with Gasteiger partial charge >= 0.3 is 0 Å². The molecule has 0 fully saturated rings. The summed E-state index contributed by atoms with van der Waals surface area (Å²) in [4.78, 5) is 0. The van der Waals surface area contributed by atoms with E-state index < -0.39 is 0 Å². The van der Waals surface area contributed by atoms with Gasteiger partial charge in [-0.05, 0) is 49.8 Å². The first kappa shape index (κ1) is 15.4. The minimum atomic E-state index is 0.171. The standard InChI is InChI=1S/C15H25NOS/c1-4-18-9-5-8-17-15-7-6-12(2)10-14(15)11-13(3)16/h6-7,10,13H,4-5,8-9,11,16H2,1-3H3. The van der Waals surface area contributed by atoms with Gasteiger partial charge in [-0.2, -0.15) is 11.8 Å². The van der Waals surface area contributed by atoms with Crippen LogP contribution in [0.2, 0.25) is 0 Å². The van der Waals surface area contributed by atoms with Gasteiger partial charge in [-0.25, -0.2) is 0 Å². The summed E-state index contributed by atoms with van der Waals surface area (Å²) in [7, 11) is 0. The van der Waals surface area contributed by atoms with Crippen LogP contribution in [0.4, 0.5) is 0 Å². The van der Waals surface area contributed by atoms with Crippen molar-refractivity contribution in [3.8, 4) is 5.75 Å². The molecule has 1 unspecified atom stereocenters. The Morgan fingerprint density at radius 1 is 1.39 bits per heavy atom. The maximum absolute atomic E-state index is 5.88. The molecule has 1 aromatic rings. The molecule has 0 aliphatic rings. The molecule has 1 aromatic carbocycles. The highest BCUT2D eigenvalue weighted by Crippen LogP contribution is 2.21. The van der Waals surface area contributed by atoms with Crippen molar-refractivity contribution in [2.45, 2.75) is 39.7 Å². The van der Waals surface area contributed by atoms with Crippen LogP contribution in [0.15, 0.2) is 18.2 Å². The number of benzene rings is 1. The van der Waals surface area contributed by atoms with Crippen molar-refractivity contribution in [1.82, 2.24) is 0 Å². The van der Waals surface area contributed by atoms with Crippen molar-refractivity contribution in [2.24, 2.45) is 5.73 Å². The molecule has 18 heavy (non-hydrogen) atoms. The largest absolute Gasteiger partial charge is 0.493 e. The molecular formula is C15H25NOS. The fraction of sp³-hybridized carbons (Fsp3) is 0.600. The van der Waals surface area contributed by atoms with E-state index in [1.165, 1.54) is 22.6 Å². The third-order valence-corrected chi connectivity index (χ3v) is 3.64. The predicted octanol–water partition coefficient (Wildman–Crippen LogP) is 3.41. The number of rotatable bonds is 8. The van der Waals surface area contributed by atoms with Crippen molar-refractivity contribution < 1.29 is 4.74 Å². The van der Waals surface area contributed by atoms with Crippen LogP contribution in [-0.2, 0) is 6.42 Å². The number of ether oxygens (including phenoxy) is 1. The predicted molar refractivity (Wildman–Crippen MR) is 81.6 cm³/mol. The van der Waals surface area contributed by atoms with Crippen LogP contribution in [0.5, 0.6) is 5.75 Å². The number of thioether (sulfide) groups is 1. The Kier molecular flexibility index (Phi) is 7.21. The molecular weight excluding hydrogens is 242 g/mol. The summed E-state index contributed by atoms with van der Waals surface area (Å²) in [5, 5.41) is 0. The smallest absolute Gasteiger partial charge is 0.122 e. The van der Waals surface area contributed by atoms with E-state index >= 15 is 0 Å². The Balaban J connectivity index is 2.52. The first-order valence-corrected chi connectivity index (χ1v) is 7.84. The fourth-order valence-electron chi connectivity index (χ4n) is 1.84. The zero-order valence-corrected chi connectivity index (χ0v) is 12.6. The van der Waals surface area contributed by atoms with E-state index in [1.807, 2.05) is 18.7 Å². The molecule has 0 aromatic heterocycles. The van der Waals surface area contributed by atoms with Gasteiger partial charge in [0.25, 0.3) is 0 Å². The molecule has 0 aliphatic heterocycles. The van der Waals surface area contributed by atoms with E-state index in [1.54, 1.807) is 0 Å². The lowest BCUT2D eigenvalue weighted by Gasteiger charge is -2.14. The monoisotopic (exact) mass is 267 g/mol. The molecule has 1 rings (SSSR count). The molecule has 2 nitrogen and oxygen atoms in total. The van der Waals surface area contributed by atoms with E-state index in [0.717, 1.165) is 25.2 Å². The molecule has 3 heteroatoms. The van der Waals surface area contributed by atoms with Crippen molar-refractivity contribution in [1.29, 1.82) is 0 Å². The number of hydrogen-bond acceptors (Lipinski definition) is 3. The van der Waals surface area contributed by atoms with Gasteiger partial charge in [-0.1, -0.05) is 24.6 Å². The van der Waals surface area contributed by atoms with Gasteiger partial charge in [0, 0.05) is 6.04 Å². The summed E-state index contributed by atoms with van der Waals surface area (Å²) < 4.78 is 5.87. The van der Waals surface area contributed by atoms with E-state index in [9.17, 15) is 0 Å². The van der Waals surface area contributed by atoms with Crippen LogP contribution in [-0.4, -0.2) is 24.2 Å². The highest BCUT2D eigenvalue weighted by Gasteiger charge is 2.06. The third kappa shape index (κ3) is 5.78. The summed E-state index contributed by atoms with van der Waals surface area (Å²) in [6.07, 6.45) is 1.98. The van der Waals surface area contributed by atoms with E-state index in [2.05, 4.69) is 32.0 Å². The molecule has 0 amide bonds. The number of aryl methyl sites for hydroxylation is 1. The van der Waals surface area contributed by atoms with Gasteiger partial charge in [-0.15, -0.1) is 0 Å². The number of nitrogens with two attached hydrogens (primary N) is 1. The quantitative estimate of drug-likeness (QED) is 0.733. The van der Waals surface area contributed by atoms with Gasteiger partial charge in [0.1, 0.15) is 5.75 Å². The lowest BCUT2D eigenvalue weighted by atomic mass is 10.0. The maximum atomic E-state index is 5.88. The highest BCUT2D eigenvalue weighted by atomic mass is 32.2. The van der Waals surface area contributed by atoms with Crippen molar-refractivity contribution in [3.63, 3.8) is 0 Å². The molecule has 0 spiro atoms. The van der Waals surface area contributed by atoms with Crippen LogP contribution in [0.25, 0.3) is 0 Å². The topological polar surface area (TPSA) is 35.2 Å². The van der Waals surface area contributed by atoms with Gasteiger partial charge in [-0.3, -0.25) is 0 Å². The molecule has 102 valence electrons. The fourth-order valence-corrected chi connectivity index (χ4v) is 2.45. The summed E-state index contributed by atoms with van der Waals surface area (Å²) in [6.45, 7) is 7.12. The lowest BCUT2D eigenvalue weighted by molar-refractivity contribution is 0.315. The van der Waals surface area contributed by atoms with Gasteiger partial charge in [0.15, 0.2) is 0 Å². The second-order valence-corrected chi connectivity index (χ2v) is 6.09. The normalized spacial score (nSPS) is 12.4. The second-order valence-electron chi connectivity index (χ2n) is 4.69. The van der Waals surface area contributed by atoms with Crippen LogP contribution >= 0.6 is 11.8 Å². The summed E-state index contributed by atoms with van der Waals surface area (Å²) in [5.74, 6) is 3.35. The lowest BCUT2D eigenvalue weighted by Crippen LogP contribution is -2.18. The summed E-state index contributed by atoms with van der Waals surface area (Å²) in [6, 6.07) is 6.52. The molecule has 0 radical (unpaired) electrons. The van der Waals surface area contributed by atoms with Gasteiger partial charge < -0.3 is 10.5 Å². The first-order valence-electron chi connectivity index (χ1n) is 6.69. The SMILES string of the molecule is CCSCCCOc1ccc(C)cc1CC(C)N. The average molecular weight is 267 g/mol. The Bertz CT molecular complexity index is 352. The van der Waals surface area contributed by atoms with Crippen LogP contribution in [0.1, 0.15) is 31.4 Å². The van der Waals surface area contributed by atoms with Crippen LogP contribution in [0, 0.1) is 6.92 Å². The van der Waals surface area contributed by atoms with Crippen LogP contribution < -0.4 is 10.5 Å². The second kappa shape index (κ2) is 8.44.